The molecule has 2 radical (unpaired) electrons. The molecule has 196 valence electrons. The molecule has 10 atom stereocenters. The van der Waals surface area contributed by atoms with E-state index in [9.17, 15) is 0 Å². The second kappa shape index (κ2) is 6.94. The van der Waals surface area contributed by atoms with Crippen LogP contribution in [0.1, 0.15) is 104 Å². The maximum Gasteiger partial charge on any atom is 0.182 e. The largest absolute Gasteiger partial charge is 0.339 e. The van der Waals surface area contributed by atoms with Crippen molar-refractivity contribution in [3.8, 4) is 0 Å². The Balaban J connectivity index is 1.29. The van der Waals surface area contributed by atoms with Crippen molar-refractivity contribution >= 4 is 17.2 Å². The third-order valence-corrected chi connectivity index (χ3v) is 12.0. The van der Waals surface area contributed by atoms with Crippen LogP contribution in [0.2, 0.25) is 0 Å². The van der Waals surface area contributed by atoms with Crippen molar-refractivity contribution in [1.29, 1.82) is 0 Å². The molecule has 6 nitrogen and oxygen atoms in total. The third kappa shape index (κ3) is 3.45. The molecule has 0 aromatic heterocycles. The molecule has 0 amide bonds. The summed E-state index contributed by atoms with van der Waals surface area (Å²) < 4.78 is 40.2. The molecule has 0 aliphatic carbocycles. The van der Waals surface area contributed by atoms with Crippen molar-refractivity contribution in [2.24, 2.45) is 0 Å². The quantitative estimate of drug-likeness (QED) is 0.382. The fraction of sp³-hybridized carbons (Fsp3) is 0.786. The van der Waals surface area contributed by atoms with Gasteiger partial charge in [-0.05, 0) is 69.8 Å². The second-order valence-corrected chi connectivity index (χ2v) is 17.4. The Hall–Kier alpha value is -0.160. The van der Waals surface area contributed by atoms with Gasteiger partial charge in [0.2, 0.25) is 0 Å². The van der Waals surface area contributed by atoms with Crippen LogP contribution in [-0.2, 0) is 28.4 Å². The number of hydrogen-bond acceptors (Lipinski definition) is 6. The molecule has 0 N–H and O–H groups in total. The molecular formula is C28H38O6P2. The van der Waals surface area contributed by atoms with Crippen LogP contribution in [0.5, 0.6) is 0 Å². The van der Waals surface area contributed by atoms with Gasteiger partial charge in [-0.25, -0.2) is 0 Å². The Morgan fingerprint density at radius 2 is 0.917 bits per heavy atom. The van der Waals surface area contributed by atoms with Crippen LogP contribution in [0.25, 0.3) is 0 Å². The summed E-state index contributed by atoms with van der Waals surface area (Å²) in [7, 11) is 2.39. The van der Waals surface area contributed by atoms with E-state index < -0.39 is 23.1 Å². The summed E-state index contributed by atoms with van der Waals surface area (Å²) in [5.74, 6) is -2.77. The van der Waals surface area contributed by atoms with E-state index in [2.05, 4.69) is 79.7 Å². The van der Waals surface area contributed by atoms with Crippen molar-refractivity contribution in [2.75, 3.05) is 0 Å². The first kappa shape index (κ1) is 24.9. The first-order chi connectivity index (χ1) is 16.5. The Kier molecular flexibility index (Phi) is 4.79. The topological polar surface area (TPSA) is 55.4 Å². The van der Waals surface area contributed by atoms with Crippen LogP contribution < -0.4 is 0 Å². The maximum absolute atomic E-state index is 6.88. The van der Waals surface area contributed by atoms with E-state index in [0.29, 0.717) is 12.8 Å². The van der Waals surface area contributed by atoms with E-state index in [0.717, 1.165) is 12.8 Å². The fourth-order valence-electron chi connectivity index (χ4n) is 8.71. The predicted molar refractivity (Wildman–Crippen MR) is 138 cm³/mol. The molecule has 8 saturated heterocycles. The predicted octanol–water partition coefficient (Wildman–Crippen LogP) is 7.22. The van der Waals surface area contributed by atoms with Gasteiger partial charge >= 0.3 is 0 Å². The van der Waals surface area contributed by atoms with E-state index in [1.54, 1.807) is 0 Å². The number of benzene rings is 1. The van der Waals surface area contributed by atoms with Gasteiger partial charge in [0.05, 0.1) is 21.4 Å². The molecule has 0 saturated carbocycles. The minimum Gasteiger partial charge on any atom is -0.339 e. The van der Waals surface area contributed by atoms with E-state index in [-0.39, 0.29) is 33.2 Å². The molecule has 8 heteroatoms. The summed E-state index contributed by atoms with van der Waals surface area (Å²) in [6.07, 6.45) is 2.89. The minimum absolute atomic E-state index is 0.00104. The van der Waals surface area contributed by atoms with Crippen molar-refractivity contribution in [1.82, 2.24) is 0 Å². The van der Waals surface area contributed by atoms with Gasteiger partial charge in [-0.2, -0.15) is 0 Å². The van der Waals surface area contributed by atoms with Crippen LogP contribution in [0, 0.1) is 0 Å². The highest BCUT2D eigenvalue weighted by molar-refractivity contribution is 7.41. The molecule has 0 spiro atoms. The van der Waals surface area contributed by atoms with Crippen LogP contribution in [0.15, 0.2) is 24.3 Å². The third-order valence-electron chi connectivity index (χ3n) is 9.08. The lowest BCUT2D eigenvalue weighted by Crippen LogP contribution is -2.72. The molecular weight excluding hydrogens is 494 g/mol. The lowest BCUT2D eigenvalue weighted by atomic mass is 9.77. The number of rotatable bonds is 4. The Labute approximate surface area is 218 Å². The monoisotopic (exact) mass is 532 g/mol. The Bertz CT molecular complexity index is 945. The van der Waals surface area contributed by atoms with Gasteiger partial charge in [-0.1, -0.05) is 38.1 Å². The van der Waals surface area contributed by atoms with Gasteiger partial charge in [0.1, 0.15) is 0 Å². The highest BCUT2D eigenvalue weighted by atomic mass is 31.1. The summed E-state index contributed by atoms with van der Waals surface area (Å²) in [4.78, 5) is 0. The van der Waals surface area contributed by atoms with E-state index in [1.807, 2.05) is 0 Å². The first-order valence-corrected chi connectivity index (χ1v) is 15.1. The van der Waals surface area contributed by atoms with Crippen LogP contribution >= 0.6 is 17.2 Å². The fourth-order valence-corrected chi connectivity index (χ4v) is 12.9. The molecule has 36 heavy (non-hydrogen) atoms. The molecule has 8 heterocycles. The van der Waals surface area contributed by atoms with Crippen molar-refractivity contribution in [3.05, 3.63) is 35.4 Å². The number of hydrogen-bond donors (Lipinski definition) is 0. The molecule has 1 aromatic carbocycles. The van der Waals surface area contributed by atoms with Gasteiger partial charge in [-0.3, -0.25) is 0 Å². The molecule has 10 unspecified atom stereocenters. The smallest absolute Gasteiger partial charge is 0.182 e. The van der Waals surface area contributed by atoms with Crippen molar-refractivity contribution in [3.63, 3.8) is 0 Å². The number of ether oxygens (including phenoxy) is 6. The summed E-state index contributed by atoms with van der Waals surface area (Å²) in [5, 5.41) is -1.14. The minimum atomic E-state index is -0.745. The average Bonchev–Trinajstić information content (AvgIpc) is 2.65. The standard InChI is InChI=1S/C28H38O6P2/c1-17(27-15-25(7)29-21(3,31-27)13-23(5,33-27)35-25)19-11-9-10-12-20(19)18(2)28-16-26(8)30-22(4,32-28)14-24(6,34-28)36-26/h9-12,17-18H,13-16H2,1-8H3. The zero-order valence-electron chi connectivity index (χ0n) is 22.6. The summed E-state index contributed by atoms with van der Waals surface area (Å²) in [6, 6.07) is 8.70. The van der Waals surface area contributed by atoms with E-state index in [4.69, 9.17) is 28.4 Å². The normalized spacial score (nSPS) is 57.6. The molecule has 1 aromatic rings. The molecule has 8 aliphatic heterocycles. The highest BCUT2D eigenvalue weighted by Crippen LogP contribution is 2.72. The van der Waals surface area contributed by atoms with Gasteiger partial charge in [0.25, 0.3) is 0 Å². The summed E-state index contributed by atoms with van der Waals surface area (Å²) >= 11 is 0. The zero-order chi connectivity index (χ0) is 25.6. The average molecular weight is 533 g/mol. The van der Waals surface area contributed by atoms with E-state index >= 15 is 0 Å². The Morgan fingerprint density at radius 3 is 1.25 bits per heavy atom. The lowest BCUT2D eigenvalue weighted by Gasteiger charge is -2.68. The van der Waals surface area contributed by atoms with Crippen molar-refractivity contribution < 1.29 is 28.4 Å². The summed E-state index contributed by atoms with van der Waals surface area (Å²) in [6.45, 7) is 17.5. The molecule has 8 fully saturated rings. The van der Waals surface area contributed by atoms with Crippen LogP contribution in [0.3, 0.4) is 0 Å². The lowest BCUT2D eigenvalue weighted by molar-refractivity contribution is -0.479. The Morgan fingerprint density at radius 1 is 0.556 bits per heavy atom. The maximum atomic E-state index is 6.88. The highest BCUT2D eigenvalue weighted by Gasteiger charge is 2.71. The summed E-state index contributed by atoms with van der Waals surface area (Å²) in [5.41, 5.74) is 2.45. The molecule has 8 bridgehead atoms. The molecule has 8 aliphatic rings. The van der Waals surface area contributed by atoms with Gasteiger partial charge in [-0.15, -0.1) is 0 Å². The zero-order valence-corrected chi connectivity index (χ0v) is 24.4. The second-order valence-electron chi connectivity index (χ2n) is 13.2. The van der Waals surface area contributed by atoms with Gasteiger partial charge < -0.3 is 28.4 Å². The first-order valence-electron chi connectivity index (χ1n) is 13.3. The van der Waals surface area contributed by atoms with Crippen LogP contribution in [0.4, 0.5) is 0 Å². The van der Waals surface area contributed by atoms with Gasteiger partial charge in [0, 0.05) is 37.5 Å². The van der Waals surface area contributed by atoms with Gasteiger partial charge in [0.15, 0.2) is 23.1 Å². The SMILES string of the molecule is CC(c1ccccc1C(C)C12CC3(C)OC(C)(CC(C)(O1)[P]3)O2)C12CC3(C)OC(C)(CC(C)(O1)[P]3)O2. The van der Waals surface area contributed by atoms with E-state index in [1.165, 1.54) is 28.3 Å². The molecule has 9 rings (SSSR count). The van der Waals surface area contributed by atoms with Crippen molar-refractivity contribution in [2.45, 2.75) is 137 Å². The van der Waals surface area contributed by atoms with Crippen LogP contribution in [-0.4, -0.2) is 44.5 Å².